The van der Waals surface area contributed by atoms with Crippen molar-refractivity contribution in [2.75, 3.05) is 33.5 Å². The third kappa shape index (κ3) is 7.27. The molecule has 208 valence electrons. The molecule has 1 unspecified atom stereocenters. The number of fused-ring (bicyclic) bond motifs is 1. The molecule has 3 aromatic rings. The van der Waals surface area contributed by atoms with E-state index in [9.17, 15) is 23.6 Å². The molecule has 0 saturated heterocycles. The van der Waals surface area contributed by atoms with Gasteiger partial charge in [-0.05, 0) is 38.0 Å². The number of benzene rings is 1. The molecule has 0 radical (unpaired) electrons. The highest BCUT2D eigenvalue weighted by atomic mass is 19.1. The first-order valence-electron chi connectivity index (χ1n) is 12.3. The number of hydrogen-bond acceptors (Lipinski definition) is 7. The summed E-state index contributed by atoms with van der Waals surface area (Å²) in [6, 6.07) is 4.30. The summed E-state index contributed by atoms with van der Waals surface area (Å²) in [4.78, 5) is 61.2. The Labute approximate surface area is 224 Å². The molecule has 12 nitrogen and oxygen atoms in total. The van der Waals surface area contributed by atoms with E-state index in [1.807, 2.05) is 11.5 Å². The van der Waals surface area contributed by atoms with Gasteiger partial charge in [0.15, 0.2) is 6.10 Å². The van der Waals surface area contributed by atoms with Crippen molar-refractivity contribution >= 4 is 34.6 Å². The summed E-state index contributed by atoms with van der Waals surface area (Å²) in [6.07, 6.45) is 3.84. The lowest BCUT2D eigenvalue weighted by atomic mass is 10.1. The molecule has 3 amide bonds. The summed E-state index contributed by atoms with van der Waals surface area (Å²) in [5.74, 6) is -0.839. The third-order valence-corrected chi connectivity index (χ3v) is 5.77. The summed E-state index contributed by atoms with van der Waals surface area (Å²) in [7, 11) is 6.18. The highest BCUT2D eigenvalue weighted by Gasteiger charge is 2.25. The molecule has 1 aromatic carbocycles. The summed E-state index contributed by atoms with van der Waals surface area (Å²) in [5.41, 5.74) is 0.528. The predicted molar refractivity (Wildman–Crippen MR) is 143 cm³/mol. The van der Waals surface area contributed by atoms with Gasteiger partial charge in [0, 0.05) is 40.8 Å². The zero-order valence-corrected chi connectivity index (χ0v) is 22.5. The van der Waals surface area contributed by atoms with Crippen molar-refractivity contribution in [1.29, 1.82) is 0 Å². The molecule has 13 heteroatoms. The van der Waals surface area contributed by atoms with E-state index < -0.39 is 29.5 Å². The maximum atomic E-state index is 13.7. The molecule has 1 atom stereocenters. The van der Waals surface area contributed by atoms with E-state index in [0.29, 0.717) is 17.9 Å². The van der Waals surface area contributed by atoms with Gasteiger partial charge in [0.05, 0.1) is 30.1 Å². The fourth-order valence-electron chi connectivity index (χ4n) is 3.69. The molecule has 3 rings (SSSR count). The van der Waals surface area contributed by atoms with Crippen LogP contribution in [0.3, 0.4) is 0 Å². The first-order valence-corrected chi connectivity index (χ1v) is 12.3. The van der Waals surface area contributed by atoms with Gasteiger partial charge in [0.1, 0.15) is 17.3 Å². The van der Waals surface area contributed by atoms with Crippen LogP contribution in [-0.4, -0.2) is 81.1 Å². The number of ether oxygens (including phenoxy) is 1. The van der Waals surface area contributed by atoms with E-state index in [0.717, 1.165) is 5.52 Å². The highest BCUT2D eigenvalue weighted by Crippen LogP contribution is 2.18. The molecule has 0 aliphatic carbocycles. The van der Waals surface area contributed by atoms with Crippen molar-refractivity contribution < 1.29 is 23.5 Å². The first-order chi connectivity index (χ1) is 18.5. The van der Waals surface area contributed by atoms with Crippen molar-refractivity contribution in [3.8, 4) is 0 Å². The normalized spacial score (nSPS) is 11.9. The number of carbonyl (C=O) groups is 3. The van der Waals surface area contributed by atoms with E-state index in [1.165, 1.54) is 59.2 Å². The predicted octanol–water partition coefficient (Wildman–Crippen LogP) is 2.23. The minimum absolute atomic E-state index is 0.0312. The number of carbonyl (C=O) groups excluding carboxylic acids is 3. The summed E-state index contributed by atoms with van der Waals surface area (Å²) < 4.78 is 22.1. The lowest BCUT2D eigenvalue weighted by Crippen LogP contribution is -2.37. The zero-order chi connectivity index (χ0) is 28.7. The average Bonchev–Trinajstić information content (AvgIpc) is 3.23. The largest absolute Gasteiger partial charge is 0.436 e. The Morgan fingerprint density at radius 3 is 2.59 bits per heavy atom. The SMILES string of the molecule is CCn1c(Cn2cncc(NC(=O)C(CCC=CC(=O)N(C)C)OC(=O)N(C)C)c2=O)nc2cc(F)ccc21. The van der Waals surface area contributed by atoms with Gasteiger partial charge in [0.2, 0.25) is 5.91 Å². The Morgan fingerprint density at radius 2 is 1.92 bits per heavy atom. The fraction of sp³-hybridized carbons (Fsp3) is 0.385. The van der Waals surface area contributed by atoms with E-state index in [-0.39, 0.29) is 31.0 Å². The number of imidazole rings is 1. The van der Waals surface area contributed by atoms with Crippen LogP contribution in [0.4, 0.5) is 14.9 Å². The van der Waals surface area contributed by atoms with Crippen LogP contribution in [0.25, 0.3) is 11.0 Å². The number of rotatable bonds is 10. The molecule has 2 aromatic heterocycles. The lowest BCUT2D eigenvalue weighted by molar-refractivity contribution is -0.125. The number of nitrogens with one attached hydrogen (secondary N) is 1. The number of nitrogens with zero attached hydrogens (tertiary/aromatic N) is 6. The molecule has 0 bridgehead atoms. The van der Waals surface area contributed by atoms with E-state index in [4.69, 9.17) is 4.74 Å². The smallest absolute Gasteiger partial charge is 0.410 e. The first kappa shape index (κ1) is 29.0. The second-order valence-corrected chi connectivity index (χ2v) is 9.11. The van der Waals surface area contributed by atoms with Gasteiger partial charge in [-0.2, -0.15) is 0 Å². The maximum Gasteiger partial charge on any atom is 0.410 e. The summed E-state index contributed by atoms with van der Waals surface area (Å²) in [6.45, 7) is 2.49. The Bertz CT molecular complexity index is 1440. The molecule has 0 saturated carbocycles. The molecular formula is C26H32FN7O5. The van der Waals surface area contributed by atoms with Crippen LogP contribution < -0.4 is 10.9 Å². The number of aryl methyl sites for hydroxylation is 1. The Kier molecular flexibility index (Phi) is 9.52. The van der Waals surface area contributed by atoms with Gasteiger partial charge in [-0.25, -0.2) is 19.2 Å². The molecule has 0 fully saturated rings. The van der Waals surface area contributed by atoms with Crippen LogP contribution in [0.15, 0.2) is 47.7 Å². The minimum atomic E-state index is -1.23. The Balaban J connectivity index is 1.80. The number of halogens is 1. The van der Waals surface area contributed by atoms with Gasteiger partial charge in [0.25, 0.3) is 11.5 Å². The molecule has 2 heterocycles. The van der Waals surface area contributed by atoms with E-state index in [2.05, 4.69) is 15.3 Å². The molecule has 0 aliphatic rings. The van der Waals surface area contributed by atoms with Gasteiger partial charge in [-0.3, -0.25) is 19.0 Å². The van der Waals surface area contributed by atoms with Crippen LogP contribution in [0.2, 0.25) is 0 Å². The average molecular weight is 542 g/mol. The van der Waals surface area contributed by atoms with Crippen LogP contribution in [0.1, 0.15) is 25.6 Å². The van der Waals surface area contributed by atoms with Crippen molar-refractivity contribution in [2.24, 2.45) is 0 Å². The lowest BCUT2D eigenvalue weighted by Gasteiger charge is -2.19. The number of amides is 3. The number of anilines is 1. The van der Waals surface area contributed by atoms with Crippen molar-refractivity contribution in [1.82, 2.24) is 28.9 Å². The van der Waals surface area contributed by atoms with Crippen LogP contribution >= 0.6 is 0 Å². The molecular weight excluding hydrogens is 509 g/mol. The summed E-state index contributed by atoms with van der Waals surface area (Å²) in [5, 5.41) is 2.50. The summed E-state index contributed by atoms with van der Waals surface area (Å²) >= 11 is 0. The maximum absolute atomic E-state index is 13.7. The Morgan fingerprint density at radius 1 is 1.18 bits per heavy atom. The Hall–Kier alpha value is -4.55. The number of aromatic nitrogens is 4. The highest BCUT2D eigenvalue weighted by molar-refractivity contribution is 5.95. The molecule has 39 heavy (non-hydrogen) atoms. The second kappa shape index (κ2) is 12.8. The van der Waals surface area contributed by atoms with Crippen molar-refractivity contribution in [3.05, 3.63) is 64.9 Å². The topological polar surface area (TPSA) is 132 Å². The van der Waals surface area contributed by atoms with Crippen LogP contribution in [0, 0.1) is 5.82 Å². The number of allylic oxidation sites excluding steroid dienone is 1. The van der Waals surface area contributed by atoms with Crippen molar-refractivity contribution in [3.63, 3.8) is 0 Å². The number of hydrogen-bond donors (Lipinski definition) is 1. The third-order valence-electron chi connectivity index (χ3n) is 5.77. The van der Waals surface area contributed by atoms with Crippen LogP contribution in [0.5, 0.6) is 0 Å². The molecule has 0 spiro atoms. The number of likely N-dealkylation sites (N-methyl/N-ethyl adjacent to an activating group) is 1. The standard InChI is InChI=1S/C26H32FN7O5/c1-6-34-20-12-11-17(27)13-18(20)29-22(34)15-33-16-28-14-19(25(33)37)30-24(36)21(39-26(38)32(4)5)9-7-8-10-23(35)31(2)3/h8,10-14,16,21H,6-7,9,15H2,1-5H3,(H,30,36). The minimum Gasteiger partial charge on any atom is -0.436 e. The quantitative estimate of drug-likeness (QED) is 0.390. The van der Waals surface area contributed by atoms with E-state index >= 15 is 0 Å². The van der Waals surface area contributed by atoms with Gasteiger partial charge in [-0.15, -0.1) is 0 Å². The van der Waals surface area contributed by atoms with Crippen molar-refractivity contribution in [2.45, 2.75) is 39.0 Å². The molecule has 1 N–H and O–H groups in total. The fourth-order valence-corrected chi connectivity index (χ4v) is 3.69. The zero-order valence-electron chi connectivity index (χ0n) is 22.5. The van der Waals surface area contributed by atoms with Crippen LogP contribution in [-0.2, 0) is 27.4 Å². The monoisotopic (exact) mass is 541 g/mol. The van der Waals surface area contributed by atoms with E-state index in [1.54, 1.807) is 26.2 Å². The van der Waals surface area contributed by atoms with Gasteiger partial charge >= 0.3 is 6.09 Å². The van der Waals surface area contributed by atoms with Gasteiger partial charge < -0.3 is 24.4 Å². The molecule has 0 aliphatic heterocycles. The second-order valence-electron chi connectivity index (χ2n) is 9.11. The van der Waals surface area contributed by atoms with Gasteiger partial charge in [-0.1, -0.05) is 6.08 Å².